The maximum atomic E-state index is 11.8. The summed E-state index contributed by atoms with van der Waals surface area (Å²) < 4.78 is 6.26. The van der Waals surface area contributed by atoms with E-state index in [1.807, 2.05) is 0 Å². The number of rotatable bonds is 3. The van der Waals surface area contributed by atoms with Gasteiger partial charge in [0.15, 0.2) is 0 Å². The molecule has 1 rings (SSSR count). The van der Waals surface area contributed by atoms with Crippen LogP contribution < -0.4 is 0 Å². The first-order valence-corrected chi connectivity index (χ1v) is 5.64. The van der Waals surface area contributed by atoms with Crippen LogP contribution >= 0.6 is 0 Å². The third-order valence-electron chi connectivity index (χ3n) is 2.23. The average molecular weight is 257 g/mol. The van der Waals surface area contributed by atoms with E-state index in [-0.39, 0.29) is 5.69 Å². The van der Waals surface area contributed by atoms with Crippen molar-refractivity contribution in [1.29, 1.82) is 0 Å². The largest absolute Gasteiger partial charge is 0.443 e. The second-order valence-corrected chi connectivity index (χ2v) is 4.98. The van der Waals surface area contributed by atoms with E-state index in [4.69, 9.17) is 9.84 Å². The zero-order chi connectivity index (χ0) is 13.9. The third kappa shape index (κ3) is 3.56. The van der Waals surface area contributed by atoms with Crippen LogP contribution in [0.15, 0.2) is 18.3 Å². The van der Waals surface area contributed by atoms with Crippen molar-refractivity contribution in [2.24, 2.45) is 0 Å². The van der Waals surface area contributed by atoms with Crippen LogP contribution in [0.1, 0.15) is 32.6 Å². The number of carbonyl (C=O) groups is 1. The first kappa shape index (κ1) is 14.7. The first-order chi connectivity index (χ1) is 8.26. The summed E-state index contributed by atoms with van der Waals surface area (Å²) >= 11 is 0. The lowest BCUT2D eigenvalue weighted by molar-refractivity contribution is -0.0195. The molecule has 6 heteroatoms. The van der Waals surface area contributed by atoms with Crippen LogP contribution in [0.25, 0.3) is 0 Å². The van der Waals surface area contributed by atoms with Gasteiger partial charge in [-0.1, -0.05) is 0 Å². The van der Waals surface area contributed by atoms with Crippen molar-refractivity contribution < 1.29 is 24.9 Å². The minimum atomic E-state index is -1.35. The Kier molecular flexibility index (Phi) is 4.50. The van der Waals surface area contributed by atoms with Crippen LogP contribution in [0.5, 0.6) is 0 Å². The predicted octanol–water partition coefficient (Wildman–Crippen LogP) is 0.658. The molecule has 1 aromatic rings. The van der Waals surface area contributed by atoms with Gasteiger partial charge in [-0.3, -0.25) is 4.57 Å². The number of hydrogen-bond donors (Lipinski definition) is 3. The molecule has 0 spiro atoms. The molecule has 0 bridgehead atoms. The van der Waals surface area contributed by atoms with Crippen LogP contribution in [0.4, 0.5) is 4.79 Å². The van der Waals surface area contributed by atoms with Crippen molar-refractivity contribution in [2.75, 3.05) is 6.61 Å². The summed E-state index contributed by atoms with van der Waals surface area (Å²) in [6.07, 6.45) is -1.92. The van der Waals surface area contributed by atoms with Gasteiger partial charge in [-0.2, -0.15) is 0 Å². The smallest absolute Gasteiger partial charge is 0.418 e. The van der Waals surface area contributed by atoms with E-state index < -0.39 is 30.5 Å². The van der Waals surface area contributed by atoms with Gasteiger partial charge in [-0.15, -0.1) is 0 Å². The SMILES string of the molecule is CC(C)(C)OC(=O)n1cccc1C(O)C(O)CO. The molecule has 1 aromatic heterocycles. The quantitative estimate of drug-likeness (QED) is 0.739. The number of carbonyl (C=O) groups excluding carboxylic acids is 1. The molecule has 2 unspecified atom stereocenters. The Morgan fingerprint density at radius 3 is 2.56 bits per heavy atom. The van der Waals surface area contributed by atoms with Crippen molar-refractivity contribution in [2.45, 2.75) is 38.6 Å². The molecule has 0 saturated carbocycles. The van der Waals surface area contributed by atoms with Gasteiger partial charge in [0.05, 0.1) is 12.3 Å². The fourth-order valence-electron chi connectivity index (χ4n) is 1.41. The van der Waals surface area contributed by atoms with Crippen molar-refractivity contribution in [3.8, 4) is 0 Å². The Balaban J connectivity index is 2.92. The molecule has 0 aliphatic carbocycles. The highest BCUT2D eigenvalue weighted by atomic mass is 16.6. The van der Waals surface area contributed by atoms with Crippen molar-refractivity contribution in [3.63, 3.8) is 0 Å². The van der Waals surface area contributed by atoms with Gasteiger partial charge in [0, 0.05) is 6.20 Å². The summed E-state index contributed by atoms with van der Waals surface area (Å²) in [5, 5.41) is 27.9. The van der Waals surface area contributed by atoms with E-state index in [0.717, 1.165) is 4.57 Å². The summed E-state index contributed by atoms with van der Waals surface area (Å²) in [5.74, 6) is 0. The standard InChI is InChI=1S/C12H19NO5/c1-12(2,3)18-11(17)13-6-4-5-8(13)10(16)9(15)7-14/h4-6,9-10,14-16H,7H2,1-3H3. The minimum absolute atomic E-state index is 0.172. The fraction of sp³-hybridized carbons (Fsp3) is 0.583. The molecular formula is C12H19NO5. The Morgan fingerprint density at radius 2 is 2.06 bits per heavy atom. The number of aromatic nitrogens is 1. The molecule has 0 amide bonds. The van der Waals surface area contributed by atoms with Crippen LogP contribution in [0.3, 0.4) is 0 Å². The Morgan fingerprint density at radius 1 is 1.44 bits per heavy atom. The molecule has 0 aliphatic heterocycles. The molecule has 0 aromatic carbocycles. The summed E-state index contributed by atoms with van der Waals surface area (Å²) in [4.78, 5) is 11.8. The lowest BCUT2D eigenvalue weighted by Gasteiger charge is -2.22. The molecule has 1 heterocycles. The van der Waals surface area contributed by atoms with Crippen molar-refractivity contribution >= 4 is 6.09 Å². The van der Waals surface area contributed by atoms with E-state index >= 15 is 0 Å². The summed E-state index contributed by atoms with van der Waals surface area (Å²) in [5.41, 5.74) is -0.482. The average Bonchev–Trinajstić information content (AvgIpc) is 2.73. The first-order valence-electron chi connectivity index (χ1n) is 5.64. The van der Waals surface area contributed by atoms with E-state index in [0.29, 0.717) is 0 Å². The van der Waals surface area contributed by atoms with Gasteiger partial charge >= 0.3 is 6.09 Å². The molecule has 0 saturated heterocycles. The second-order valence-electron chi connectivity index (χ2n) is 4.98. The van der Waals surface area contributed by atoms with Crippen LogP contribution in [-0.4, -0.2) is 44.3 Å². The summed E-state index contributed by atoms with van der Waals surface area (Å²) in [6, 6.07) is 3.03. The van der Waals surface area contributed by atoms with Gasteiger partial charge < -0.3 is 20.1 Å². The minimum Gasteiger partial charge on any atom is -0.443 e. The Labute approximate surface area is 105 Å². The van der Waals surface area contributed by atoms with Crippen LogP contribution in [0.2, 0.25) is 0 Å². The monoisotopic (exact) mass is 257 g/mol. The number of aliphatic hydroxyl groups is 3. The van der Waals surface area contributed by atoms with Crippen LogP contribution in [0, 0.1) is 0 Å². The lowest BCUT2D eigenvalue weighted by Crippen LogP contribution is -2.30. The Bertz CT molecular complexity index is 407. The van der Waals surface area contributed by atoms with E-state index in [9.17, 15) is 15.0 Å². The summed E-state index contributed by atoms with van der Waals surface area (Å²) in [7, 11) is 0. The highest BCUT2D eigenvalue weighted by Gasteiger charge is 2.25. The molecule has 0 radical (unpaired) electrons. The maximum Gasteiger partial charge on any atom is 0.418 e. The highest BCUT2D eigenvalue weighted by molar-refractivity contribution is 5.72. The zero-order valence-corrected chi connectivity index (χ0v) is 10.7. The molecule has 2 atom stereocenters. The highest BCUT2D eigenvalue weighted by Crippen LogP contribution is 2.19. The van der Waals surface area contributed by atoms with E-state index in [1.165, 1.54) is 12.3 Å². The fourth-order valence-corrected chi connectivity index (χ4v) is 1.41. The van der Waals surface area contributed by atoms with E-state index in [1.54, 1.807) is 26.8 Å². The number of nitrogens with zero attached hydrogens (tertiary/aromatic N) is 1. The van der Waals surface area contributed by atoms with Crippen molar-refractivity contribution in [3.05, 3.63) is 24.0 Å². The number of ether oxygens (including phenoxy) is 1. The van der Waals surface area contributed by atoms with Gasteiger partial charge in [-0.25, -0.2) is 4.79 Å². The summed E-state index contributed by atoms with van der Waals surface area (Å²) in [6.45, 7) is 4.59. The number of hydrogen-bond acceptors (Lipinski definition) is 5. The van der Waals surface area contributed by atoms with Crippen molar-refractivity contribution in [1.82, 2.24) is 4.57 Å². The molecule has 102 valence electrons. The maximum absolute atomic E-state index is 11.8. The van der Waals surface area contributed by atoms with Gasteiger partial charge in [-0.05, 0) is 32.9 Å². The molecule has 3 N–H and O–H groups in total. The van der Waals surface area contributed by atoms with Crippen LogP contribution in [-0.2, 0) is 4.74 Å². The predicted molar refractivity (Wildman–Crippen MR) is 64.1 cm³/mol. The number of aliphatic hydroxyl groups excluding tert-OH is 3. The Hall–Kier alpha value is -1.37. The van der Waals surface area contributed by atoms with Gasteiger partial charge in [0.2, 0.25) is 0 Å². The van der Waals surface area contributed by atoms with E-state index in [2.05, 4.69) is 0 Å². The topological polar surface area (TPSA) is 91.9 Å². The normalized spacial score (nSPS) is 15.2. The van der Waals surface area contributed by atoms with Gasteiger partial charge in [0.25, 0.3) is 0 Å². The molecular weight excluding hydrogens is 238 g/mol. The molecule has 0 fully saturated rings. The molecule has 18 heavy (non-hydrogen) atoms. The second kappa shape index (κ2) is 5.51. The third-order valence-corrected chi connectivity index (χ3v) is 2.23. The lowest BCUT2D eigenvalue weighted by atomic mass is 10.1. The zero-order valence-electron chi connectivity index (χ0n) is 10.7. The molecule has 0 aliphatic rings. The molecule has 6 nitrogen and oxygen atoms in total. The van der Waals surface area contributed by atoms with Gasteiger partial charge in [0.1, 0.15) is 17.8 Å².